The number of nitrogens with zero attached hydrogens (tertiary/aromatic N) is 1. The van der Waals surface area contributed by atoms with Crippen molar-refractivity contribution < 1.29 is 13.9 Å². The summed E-state index contributed by atoms with van der Waals surface area (Å²) in [6.45, 7) is 1.63. The van der Waals surface area contributed by atoms with Gasteiger partial charge < -0.3 is 14.1 Å². The van der Waals surface area contributed by atoms with Gasteiger partial charge in [-0.25, -0.2) is 0 Å². The number of halogens is 1. The number of hydrogen-bond acceptors (Lipinski definition) is 4. The maximum absolute atomic E-state index is 12.2. The Hall–Kier alpha value is -2.27. The van der Waals surface area contributed by atoms with Crippen LogP contribution in [0.25, 0.3) is 0 Å². The molecule has 6 heteroatoms. The second-order valence-electron chi connectivity index (χ2n) is 5.39. The van der Waals surface area contributed by atoms with E-state index in [1.54, 1.807) is 17.0 Å². The SMILES string of the molecule is O=C(c1cc(=O)c(OCc2ccc(Cl)cc2)co1)N1CCCC1. The van der Waals surface area contributed by atoms with Gasteiger partial charge in [0.25, 0.3) is 5.91 Å². The minimum atomic E-state index is -0.368. The van der Waals surface area contributed by atoms with Gasteiger partial charge in [0.1, 0.15) is 12.9 Å². The first-order valence-corrected chi connectivity index (χ1v) is 7.80. The molecular weight excluding hydrogens is 318 g/mol. The summed E-state index contributed by atoms with van der Waals surface area (Å²) in [7, 11) is 0. The molecule has 0 bridgehead atoms. The second kappa shape index (κ2) is 6.87. The van der Waals surface area contributed by atoms with Crippen molar-refractivity contribution in [2.75, 3.05) is 13.1 Å². The maximum atomic E-state index is 12.2. The molecule has 0 spiro atoms. The number of amides is 1. The van der Waals surface area contributed by atoms with Gasteiger partial charge >= 0.3 is 0 Å². The highest BCUT2D eigenvalue weighted by atomic mass is 35.5. The van der Waals surface area contributed by atoms with E-state index in [4.69, 9.17) is 20.8 Å². The first-order chi connectivity index (χ1) is 11.1. The first kappa shape index (κ1) is 15.6. The molecule has 0 aliphatic carbocycles. The van der Waals surface area contributed by atoms with Gasteiger partial charge in [-0.1, -0.05) is 23.7 Å². The molecule has 1 saturated heterocycles. The van der Waals surface area contributed by atoms with E-state index in [1.807, 2.05) is 12.1 Å². The van der Waals surface area contributed by atoms with Crippen molar-refractivity contribution in [3.05, 3.63) is 63.2 Å². The average Bonchev–Trinajstić information content (AvgIpc) is 3.09. The van der Waals surface area contributed by atoms with Crippen LogP contribution < -0.4 is 10.2 Å². The van der Waals surface area contributed by atoms with E-state index < -0.39 is 0 Å². The van der Waals surface area contributed by atoms with Crippen molar-refractivity contribution >= 4 is 17.5 Å². The highest BCUT2D eigenvalue weighted by molar-refractivity contribution is 6.30. The highest BCUT2D eigenvalue weighted by Crippen LogP contribution is 2.15. The minimum Gasteiger partial charge on any atom is -0.482 e. The van der Waals surface area contributed by atoms with Crippen LogP contribution in [0, 0.1) is 0 Å². The molecule has 120 valence electrons. The van der Waals surface area contributed by atoms with E-state index in [0.29, 0.717) is 18.1 Å². The summed E-state index contributed by atoms with van der Waals surface area (Å²) >= 11 is 5.81. The number of ether oxygens (including phenoxy) is 1. The molecule has 1 fully saturated rings. The van der Waals surface area contributed by atoms with E-state index in [2.05, 4.69) is 0 Å². The standard InChI is InChI=1S/C17H16ClNO4/c18-13-5-3-12(4-6-13)10-22-16-11-23-15(9-14(16)20)17(21)19-7-1-2-8-19/h3-6,9,11H,1-2,7-8,10H2. The third-order valence-electron chi connectivity index (χ3n) is 3.71. The Balaban J connectivity index is 1.68. The molecule has 0 radical (unpaired) electrons. The minimum absolute atomic E-state index is 0.0516. The number of carbonyl (C=O) groups is 1. The number of hydrogen-bond donors (Lipinski definition) is 0. The van der Waals surface area contributed by atoms with Gasteiger partial charge in [-0.3, -0.25) is 9.59 Å². The lowest BCUT2D eigenvalue weighted by Gasteiger charge is -2.14. The van der Waals surface area contributed by atoms with Crippen LogP contribution in [0.1, 0.15) is 29.0 Å². The number of carbonyl (C=O) groups excluding carboxylic acids is 1. The van der Waals surface area contributed by atoms with Crippen LogP contribution in [0.15, 0.2) is 45.8 Å². The number of benzene rings is 1. The van der Waals surface area contributed by atoms with E-state index in [0.717, 1.165) is 18.4 Å². The third kappa shape index (κ3) is 3.74. The van der Waals surface area contributed by atoms with Crippen LogP contribution >= 0.6 is 11.6 Å². The average molecular weight is 334 g/mol. The lowest BCUT2D eigenvalue weighted by molar-refractivity contribution is 0.0757. The van der Waals surface area contributed by atoms with E-state index in [1.165, 1.54) is 12.3 Å². The highest BCUT2D eigenvalue weighted by Gasteiger charge is 2.22. The normalized spacial score (nSPS) is 14.0. The van der Waals surface area contributed by atoms with Crippen LogP contribution in [-0.4, -0.2) is 23.9 Å². The first-order valence-electron chi connectivity index (χ1n) is 7.43. The van der Waals surface area contributed by atoms with E-state index in [9.17, 15) is 9.59 Å². The molecule has 1 aromatic heterocycles. The molecule has 0 saturated carbocycles. The summed E-state index contributed by atoms with van der Waals surface area (Å²) in [5.41, 5.74) is 0.513. The Labute approximate surface area is 138 Å². The summed E-state index contributed by atoms with van der Waals surface area (Å²) in [5, 5.41) is 0.637. The molecule has 0 N–H and O–H groups in total. The molecule has 1 amide bonds. The van der Waals surface area contributed by atoms with Crippen molar-refractivity contribution in [1.82, 2.24) is 4.90 Å². The lowest BCUT2D eigenvalue weighted by Crippen LogP contribution is -2.28. The molecule has 0 unspecified atom stereocenters. The summed E-state index contributed by atoms with van der Waals surface area (Å²) < 4.78 is 10.7. The summed E-state index contributed by atoms with van der Waals surface area (Å²) in [6.07, 6.45) is 3.16. The quantitative estimate of drug-likeness (QED) is 0.862. The van der Waals surface area contributed by atoms with E-state index in [-0.39, 0.29) is 29.5 Å². The van der Waals surface area contributed by atoms with Gasteiger partial charge in [-0.05, 0) is 30.5 Å². The fourth-order valence-corrected chi connectivity index (χ4v) is 2.56. The Kier molecular flexibility index (Phi) is 4.67. The van der Waals surface area contributed by atoms with Gasteiger partial charge in [0.15, 0.2) is 5.76 Å². The van der Waals surface area contributed by atoms with Crippen LogP contribution in [0.3, 0.4) is 0 Å². The van der Waals surface area contributed by atoms with Gasteiger partial charge in [0, 0.05) is 24.2 Å². The summed E-state index contributed by atoms with van der Waals surface area (Å²) in [6, 6.07) is 8.32. The molecule has 23 heavy (non-hydrogen) atoms. The van der Waals surface area contributed by atoms with Gasteiger partial charge in [0.2, 0.25) is 11.2 Å². The summed E-state index contributed by atoms with van der Waals surface area (Å²) in [5.74, 6) is -0.113. The molecule has 1 aromatic carbocycles. The van der Waals surface area contributed by atoms with E-state index >= 15 is 0 Å². The fourth-order valence-electron chi connectivity index (χ4n) is 2.43. The molecule has 1 aliphatic heterocycles. The Morgan fingerprint density at radius 3 is 2.57 bits per heavy atom. The Morgan fingerprint density at radius 1 is 1.22 bits per heavy atom. The molecular formula is C17H16ClNO4. The zero-order valence-corrected chi connectivity index (χ0v) is 13.2. The molecule has 2 heterocycles. The van der Waals surface area contributed by atoms with Crippen LogP contribution in [-0.2, 0) is 6.61 Å². The largest absolute Gasteiger partial charge is 0.482 e. The zero-order chi connectivity index (χ0) is 16.2. The Morgan fingerprint density at radius 2 is 1.91 bits per heavy atom. The smallest absolute Gasteiger partial charge is 0.289 e. The van der Waals surface area contributed by atoms with Gasteiger partial charge in [-0.2, -0.15) is 0 Å². The van der Waals surface area contributed by atoms with Gasteiger partial charge in [-0.15, -0.1) is 0 Å². The van der Waals surface area contributed by atoms with Crippen molar-refractivity contribution in [2.45, 2.75) is 19.4 Å². The monoisotopic (exact) mass is 333 g/mol. The van der Waals surface area contributed by atoms with Crippen LogP contribution in [0.5, 0.6) is 5.75 Å². The van der Waals surface area contributed by atoms with Crippen molar-refractivity contribution in [1.29, 1.82) is 0 Å². The third-order valence-corrected chi connectivity index (χ3v) is 3.96. The number of rotatable bonds is 4. The van der Waals surface area contributed by atoms with Crippen LogP contribution in [0.4, 0.5) is 0 Å². The van der Waals surface area contributed by atoms with Gasteiger partial charge in [0.05, 0.1) is 0 Å². The molecule has 1 aliphatic rings. The second-order valence-corrected chi connectivity index (χ2v) is 5.82. The van der Waals surface area contributed by atoms with Crippen molar-refractivity contribution in [2.24, 2.45) is 0 Å². The molecule has 3 rings (SSSR count). The Bertz CT molecular complexity index is 748. The molecule has 0 atom stereocenters. The molecule has 2 aromatic rings. The number of likely N-dealkylation sites (tertiary alicyclic amines) is 1. The lowest BCUT2D eigenvalue weighted by atomic mass is 10.2. The maximum Gasteiger partial charge on any atom is 0.289 e. The van der Waals surface area contributed by atoms with Crippen LogP contribution in [0.2, 0.25) is 5.02 Å². The predicted molar refractivity (Wildman–Crippen MR) is 85.9 cm³/mol. The van der Waals surface area contributed by atoms with Crippen molar-refractivity contribution in [3.8, 4) is 5.75 Å². The topological polar surface area (TPSA) is 59.8 Å². The van der Waals surface area contributed by atoms with Crippen molar-refractivity contribution in [3.63, 3.8) is 0 Å². The molecule has 5 nitrogen and oxygen atoms in total. The summed E-state index contributed by atoms with van der Waals surface area (Å²) in [4.78, 5) is 25.9. The predicted octanol–water partition coefficient (Wildman–Crippen LogP) is 3.11. The fraction of sp³-hybridized carbons (Fsp3) is 0.294. The zero-order valence-electron chi connectivity index (χ0n) is 12.5.